The molecule has 7 heteroatoms. The Hall–Kier alpha value is -3.58. The number of nitrogens with zero attached hydrogens (tertiary/aromatic N) is 3. The summed E-state index contributed by atoms with van der Waals surface area (Å²) in [4.78, 5) is 22.0. The number of aryl methyl sites for hydroxylation is 1. The summed E-state index contributed by atoms with van der Waals surface area (Å²) in [6.45, 7) is 6.38. The van der Waals surface area contributed by atoms with Crippen LogP contribution in [0.5, 0.6) is 11.5 Å². The zero-order valence-corrected chi connectivity index (χ0v) is 18.3. The average molecular weight is 431 g/mol. The first-order valence-corrected chi connectivity index (χ1v) is 10.8. The summed E-state index contributed by atoms with van der Waals surface area (Å²) in [6.07, 6.45) is 3.27. The van der Waals surface area contributed by atoms with Crippen LogP contribution in [0.3, 0.4) is 0 Å². The lowest BCUT2D eigenvalue weighted by Gasteiger charge is -2.33. The standard InChI is InChI=1S/C25H26N4O3/c1-17-13-24(29-11-9-28(2)10-12-29)27-21-6-5-19(15-20(17)21)26-25(30)8-4-18-3-7-22-23(14-18)32-16-31-22/h3-8,13-15H,9-12,16H2,1-2H3,(H,26,30). The molecule has 2 aliphatic heterocycles. The number of rotatable bonds is 4. The molecular formula is C25H26N4O3. The summed E-state index contributed by atoms with van der Waals surface area (Å²) in [5.41, 5.74) is 3.71. The van der Waals surface area contributed by atoms with Gasteiger partial charge in [-0.05, 0) is 67.6 Å². The van der Waals surface area contributed by atoms with Crippen LogP contribution < -0.4 is 19.7 Å². The van der Waals surface area contributed by atoms with Gasteiger partial charge in [-0.25, -0.2) is 4.98 Å². The Balaban J connectivity index is 1.29. The number of piperazine rings is 1. The molecule has 1 amide bonds. The highest BCUT2D eigenvalue weighted by molar-refractivity contribution is 6.03. The Morgan fingerprint density at radius 3 is 2.69 bits per heavy atom. The van der Waals surface area contributed by atoms with Gasteiger partial charge in [0, 0.05) is 43.3 Å². The van der Waals surface area contributed by atoms with Crippen LogP contribution >= 0.6 is 0 Å². The number of nitrogens with one attached hydrogen (secondary N) is 1. The number of benzene rings is 2. The molecule has 5 rings (SSSR count). The summed E-state index contributed by atoms with van der Waals surface area (Å²) in [5, 5.41) is 3.98. The van der Waals surface area contributed by atoms with Crippen LogP contribution in [0.25, 0.3) is 17.0 Å². The summed E-state index contributed by atoms with van der Waals surface area (Å²) in [6, 6.07) is 13.6. The predicted molar refractivity (Wildman–Crippen MR) is 126 cm³/mol. The second-order valence-corrected chi connectivity index (χ2v) is 8.25. The minimum atomic E-state index is -0.193. The van der Waals surface area contributed by atoms with Crippen molar-refractivity contribution in [2.45, 2.75) is 6.92 Å². The molecule has 3 aromatic rings. The van der Waals surface area contributed by atoms with E-state index in [1.54, 1.807) is 6.08 Å². The molecule has 0 saturated carbocycles. The van der Waals surface area contributed by atoms with Crippen molar-refractivity contribution in [3.63, 3.8) is 0 Å². The third kappa shape index (κ3) is 4.24. The van der Waals surface area contributed by atoms with Crippen molar-refractivity contribution >= 4 is 34.4 Å². The fourth-order valence-electron chi connectivity index (χ4n) is 4.02. The number of amides is 1. The molecule has 0 bridgehead atoms. The molecule has 1 N–H and O–H groups in total. The third-order valence-electron chi connectivity index (χ3n) is 5.92. The number of anilines is 2. The number of fused-ring (bicyclic) bond motifs is 2. The Labute approximate surface area is 187 Å². The number of pyridine rings is 1. The molecule has 0 radical (unpaired) electrons. The van der Waals surface area contributed by atoms with Crippen molar-refractivity contribution < 1.29 is 14.3 Å². The topological polar surface area (TPSA) is 66.9 Å². The number of ether oxygens (including phenoxy) is 2. The van der Waals surface area contributed by atoms with Crippen molar-refractivity contribution in [1.82, 2.24) is 9.88 Å². The maximum absolute atomic E-state index is 12.4. The van der Waals surface area contributed by atoms with E-state index in [0.29, 0.717) is 5.75 Å². The fourth-order valence-corrected chi connectivity index (χ4v) is 4.02. The second-order valence-electron chi connectivity index (χ2n) is 8.25. The van der Waals surface area contributed by atoms with Crippen LogP contribution in [0, 0.1) is 6.92 Å². The van der Waals surface area contributed by atoms with Crippen LogP contribution in [0.1, 0.15) is 11.1 Å². The fraction of sp³-hybridized carbons (Fsp3) is 0.280. The van der Waals surface area contributed by atoms with Crippen molar-refractivity contribution in [2.24, 2.45) is 0 Å². The number of aromatic nitrogens is 1. The number of hydrogen-bond acceptors (Lipinski definition) is 6. The highest BCUT2D eigenvalue weighted by Gasteiger charge is 2.17. The Bertz CT molecular complexity index is 1200. The van der Waals surface area contributed by atoms with E-state index in [0.717, 1.165) is 65.5 Å². The molecule has 1 fully saturated rings. The lowest BCUT2D eigenvalue weighted by Crippen LogP contribution is -2.44. The SMILES string of the molecule is Cc1cc(N2CCN(C)CC2)nc2ccc(NC(=O)C=Cc3ccc4c(c3)OCO4)cc12. The second kappa shape index (κ2) is 8.51. The maximum atomic E-state index is 12.4. The molecule has 0 atom stereocenters. The maximum Gasteiger partial charge on any atom is 0.248 e. The highest BCUT2D eigenvalue weighted by Crippen LogP contribution is 2.33. The molecule has 2 aliphatic rings. The lowest BCUT2D eigenvalue weighted by molar-refractivity contribution is -0.111. The van der Waals surface area contributed by atoms with Crippen molar-refractivity contribution in [3.05, 3.63) is 59.7 Å². The zero-order chi connectivity index (χ0) is 22.1. The van der Waals surface area contributed by atoms with Gasteiger partial charge in [0.25, 0.3) is 0 Å². The first kappa shape index (κ1) is 20.3. The van der Waals surface area contributed by atoms with Crippen molar-refractivity contribution in [1.29, 1.82) is 0 Å². The minimum absolute atomic E-state index is 0.193. The molecule has 3 heterocycles. The predicted octanol–water partition coefficient (Wildman–Crippen LogP) is 3.68. The van der Waals surface area contributed by atoms with Gasteiger partial charge >= 0.3 is 0 Å². The highest BCUT2D eigenvalue weighted by atomic mass is 16.7. The van der Waals surface area contributed by atoms with Gasteiger partial charge in [0.15, 0.2) is 11.5 Å². The Morgan fingerprint density at radius 2 is 1.84 bits per heavy atom. The van der Waals surface area contributed by atoms with Crippen LogP contribution in [0.15, 0.2) is 48.5 Å². The van der Waals surface area contributed by atoms with Crippen LogP contribution in [0.2, 0.25) is 0 Å². The third-order valence-corrected chi connectivity index (χ3v) is 5.92. The number of carbonyl (C=O) groups is 1. The van der Waals surface area contributed by atoms with Gasteiger partial charge in [-0.15, -0.1) is 0 Å². The largest absolute Gasteiger partial charge is 0.454 e. The number of carbonyl (C=O) groups excluding carboxylic acids is 1. The van der Waals surface area contributed by atoms with Gasteiger partial charge in [-0.1, -0.05) is 6.07 Å². The van der Waals surface area contributed by atoms with Gasteiger partial charge in [0.05, 0.1) is 5.52 Å². The molecule has 164 valence electrons. The smallest absolute Gasteiger partial charge is 0.248 e. The lowest BCUT2D eigenvalue weighted by atomic mass is 10.1. The van der Waals surface area contributed by atoms with E-state index in [1.807, 2.05) is 36.4 Å². The van der Waals surface area contributed by atoms with E-state index in [4.69, 9.17) is 14.5 Å². The average Bonchev–Trinajstić information content (AvgIpc) is 3.26. The first-order valence-electron chi connectivity index (χ1n) is 10.8. The van der Waals surface area contributed by atoms with E-state index in [-0.39, 0.29) is 12.7 Å². The van der Waals surface area contributed by atoms with Crippen molar-refractivity contribution in [3.8, 4) is 11.5 Å². The summed E-state index contributed by atoms with van der Waals surface area (Å²) >= 11 is 0. The summed E-state index contributed by atoms with van der Waals surface area (Å²) in [5.74, 6) is 2.25. The van der Waals surface area contributed by atoms with Crippen molar-refractivity contribution in [2.75, 3.05) is 50.2 Å². The normalized spacial score (nSPS) is 16.1. The van der Waals surface area contributed by atoms with E-state index in [2.05, 4.69) is 35.2 Å². The first-order chi connectivity index (χ1) is 15.5. The van der Waals surface area contributed by atoms with E-state index < -0.39 is 0 Å². The quantitative estimate of drug-likeness (QED) is 0.637. The van der Waals surface area contributed by atoms with Gasteiger partial charge in [-0.2, -0.15) is 0 Å². The van der Waals surface area contributed by atoms with Crippen LogP contribution in [0.4, 0.5) is 11.5 Å². The molecule has 1 saturated heterocycles. The number of likely N-dealkylation sites (N-methyl/N-ethyl adjacent to an activating group) is 1. The van der Waals surface area contributed by atoms with Crippen LogP contribution in [-0.2, 0) is 4.79 Å². The molecule has 32 heavy (non-hydrogen) atoms. The Kier molecular flexibility index (Phi) is 5.41. The summed E-state index contributed by atoms with van der Waals surface area (Å²) < 4.78 is 10.7. The molecule has 7 nitrogen and oxygen atoms in total. The molecule has 0 unspecified atom stereocenters. The minimum Gasteiger partial charge on any atom is -0.454 e. The van der Waals surface area contributed by atoms with Gasteiger partial charge < -0.3 is 24.6 Å². The van der Waals surface area contributed by atoms with E-state index in [1.165, 1.54) is 6.08 Å². The van der Waals surface area contributed by atoms with E-state index >= 15 is 0 Å². The van der Waals surface area contributed by atoms with Crippen LogP contribution in [-0.4, -0.2) is 55.8 Å². The monoisotopic (exact) mass is 430 g/mol. The van der Waals surface area contributed by atoms with Gasteiger partial charge in [0.1, 0.15) is 5.82 Å². The zero-order valence-electron chi connectivity index (χ0n) is 18.3. The van der Waals surface area contributed by atoms with E-state index in [9.17, 15) is 4.79 Å². The molecule has 0 spiro atoms. The molecule has 0 aliphatic carbocycles. The molecular weight excluding hydrogens is 404 g/mol. The summed E-state index contributed by atoms with van der Waals surface area (Å²) in [7, 11) is 2.15. The number of hydrogen-bond donors (Lipinski definition) is 1. The molecule has 1 aromatic heterocycles. The van der Waals surface area contributed by atoms with Gasteiger partial charge in [-0.3, -0.25) is 4.79 Å². The molecule has 2 aromatic carbocycles. The van der Waals surface area contributed by atoms with Gasteiger partial charge in [0.2, 0.25) is 12.7 Å². The Morgan fingerprint density at radius 1 is 1.03 bits per heavy atom.